The Labute approximate surface area is 113 Å². The molecule has 3 heteroatoms. The summed E-state index contributed by atoms with van der Waals surface area (Å²) in [5.74, 6) is 2.00. The minimum atomic E-state index is 0.497. The third-order valence-corrected chi connectivity index (χ3v) is 4.59. The summed E-state index contributed by atoms with van der Waals surface area (Å²) >= 11 is 1.86. The summed E-state index contributed by atoms with van der Waals surface area (Å²) in [6.07, 6.45) is 11.7. The van der Waals surface area contributed by atoms with Crippen molar-refractivity contribution in [2.45, 2.75) is 44.6 Å². The number of nitrogens with one attached hydrogen (secondary N) is 1. The maximum absolute atomic E-state index is 4.57. The van der Waals surface area contributed by atoms with Crippen LogP contribution in [0.2, 0.25) is 0 Å². The Morgan fingerprint density at radius 1 is 1.33 bits per heavy atom. The molecule has 1 aliphatic carbocycles. The molecule has 1 N–H and O–H groups in total. The molecular formula is C15H20N2S. The lowest BCUT2D eigenvalue weighted by Crippen LogP contribution is -2.29. The van der Waals surface area contributed by atoms with E-state index in [4.69, 9.17) is 0 Å². The van der Waals surface area contributed by atoms with Crippen LogP contribution in [0.3, 0.4) is 0 Å². The Hall–Kier alpha value is -1.09. The summed E-state index contributed by atoms with van der Waals surface area (Å²) < 4.78 is 0. The van der Waals surface area contributed by atoms with E-state index in [-0.39, 0.29) is 0 Å². The van der Waals surface area contributed by atoms with E-state index in [0.29, 0.717) is 6.04 Å². The first-order valence-electron chi connectivity index (χ1n) is 6.95. The molecule has 0 spiro atoms. The van der Waals surface area contributed by atoms with E-state index in [1.807, 2.05) is 17.5 Å². The largest absolute Gasteiger partial charge is 0.366 e. The second kappa shape index (κ2) is 5.70. The average Bonchev–Trinajstić information content (AvgIpc) is 3.03. The fourth-order valence-corrected chi connectivity index (χ4v) is 3.31. The molecule has 0 bridgehead atoms. The number of nitrogens with zero attached hydrogens (tertiary/aromatic N) is 1. The smallest absolute Gasteiger partial charge is 0.102 e. The van der Waals surface area contributed by atoms with Crippen LogP contribution in [0, 0.1) is 5.92 Å². The van der Waals surface area contributed by atoms with Gasteiger partial charge in [-0.1, -0.05) is 12.1 Å². The molecule has 1 fully saturated rings. The van der Waals surface area contributed by atoms with Crippen LogP contribution in [0.1, 0.15) is 49.4 Å². The van der Waals surface area contributed by atoms with Crippen molar-refractivity contribution in [3.8, 4) is 0 Å². The van der Waals surface area contributed by atoms with Crippen molar-refractivity contribution in [3.05, 3.63) is 34.7 Å². The molecule has 0 radical (unpaired) electrons. The topological polar surface area (TPSA) is 24.4 Å². The van der Waals surface area contributed by atoms with Gasteiger partial charge in [-0.3, -0.25) is 0 Å². The van der Waals surface area contributed by atoms with Crippen LogP contribution in [-0.2, 0) is 0 Å². The van der Waals surface area contributed by atoms with Gasteiger partial charge in [-0.25, -0.2) is 4.99 Å². The van der Waals surface area contributed by atoms with Crippen molar-refractivity contribution >= 4 is 17.2 Å². The summed E-state index contributed by atoms with van der Waals surface area (Å²) in [4.78, 5) is 6.04. The van der Waals surface area contributed by atoms with Crippen LogP contribution in [0.25, 0.3) is 0 Å². The minimum Gasteiger partial charge on any atom is -0.366 e. The third-order valence-electron chi connectivity index (χ3n) is 3.64. The number of amidine groups is 1. The molecule has 2 nitrogen and oxygen atoms in total. The van der Waals surface area contributed by atoms with Gasteiger partial charge >= 0.3 is 0 Å². The highest BCUT2D eigenvalue weighted by Gasteiger charge is 2.33. The zero-order valence-electron chi connectivity index (χ0n) is 10.6. The van der Waals surface area contributed by atoms with E-state index in [1.165, 1.54) is 42.8 Å². The standard InChI is InChI=1S/C15H20N2S/c1-2-4-10-16-14(7-3-1)17-15(12-8-9-12)13-6-5-11-18-13/h4-6,10-12,15H,1-3,7-9H2,(H,16,17)/b10-4-. The molecule has 1 aliphatic heterocycles. The molecule has 2 heterocycles. The van der Waals surface area contributed by atoms with Crippen LogP contribution >= 0.6 is 11.3 Å². The van der Waals surface area contributed by atoms with Gasteiger partial charge in [-0.2, -0.15) is 0 Å². The normalized spacial score (nSPS) is 26.6. The molecule has 18 heavy (non-hydrogen) atoms. The quantitative estimate of drug-likeness (QED) is 0.862. The van der Waals surface area contributed by atoms with Crippen molar-refractivity contribution in [1.29, 1.82) is 0 Å². The van der Waals surface area contributed by atoms with Gasteiger partial charge in [0.15, 0.2) is 0 Å². The van der Waals surface area contributed by atoms with Gasteiger partial charge in [0.2, 0.25) is 0 Å². The molecule has 3 rings (SSSR count). The van der Waals surface area contributed by atoms with Gasteiger partial charge in [0.25, 0.3) is 0 Å². The first-order chi connectivity index (χ1) is 8.93. The molecule has 0 aromatic carbocycles. The molecule has 2 aliphatic rings. The van der Waals surface area contributed by atoms with Crippen molar-refractivity contribution in [2.75, 3.05) is 0 Å². The van der Waals surface area contributed by atoms with Crippen molar-refractivity contribution in [1.82, 2.24) is 5.32 Å². The first-order valence-corrected chi connectivity index (χ1v) is 7.83. The summed E-state index contributed by atoms with van der Waals surface area (Å²) in [6, 6.07) is 4.90. The van der Waals surface area contributed by atoms with Gasteiger partial charge in [-0.05, 0) is 49.5 Å². The summed E-state index contributed by atoms with van der Waals surface area (Å²) in [5.41, 5.74) is 0. The second-order valence-corrected chi connectivity index (χ2v) is 6.16. The molecule has 1 aromatic heterocycles. The number of hydrogen-bond acceptors (Lipinski definition) is 3. The minimum absolute atomic E-state index is 0.497. The molecule has 1 aromatic rings. The highest BCUT2D eigenvalue weighted by atomic mass is 32.1. The fourth-order valence-electron chi connectivity index (χ4n) is 2.44. The molecule has 0 saturated heterocycles. The lowest BCUT2D eigenvalue weighted by molar-refractivity contribution is 0.570. The van der Waals surface area contributed by atoms with Gasteiger partial charge in [-0.15, -0.1) is 11.3 Å². The van der Waals surface area contributed by atoms with Gasteiger partial charge in [0.05, 0.1) is 6.04 Å². The lowest BCUT2D eigenvalue weighted by atomic mass is 10.1. The summed E-state index contributed by atoms with van der Waals surface area (Å²) in [6.45, 7) is 0. The van der Waals surface area contributed by atoms with E-state index in [1.54, 1.807) is 0 Å². The first kappa shape index (κ1) is 12.0. The average molecular weight is 260 g/mol. The molecule has 1 atom stereocenters. The fraction of sp³-hybridized carbons (Fsp3) is 0.533. The van der Waals surface area contributed by atoms with E-state index in [9.17, 15) is 0 Å². The van der Waals surface area contributed by atoms with Crippen molar-refractivity contribution in [3.63, 3.8) is 0 Å². The predicted molar refractivity (Wildman–Crippen MR) is 78.0 cm³/mol. The van der Waals surface area contributed by atoms with Crippen LogP contribution < -0.4 is 5.32 Å². The second-order valence-electron chi connectivity index (χ2n) is 5.18. The number of aliphatic imine (C=N–C) groups is 1. The Balaban J connectivity index is 1.72. The van der Waals surface area contributed by atoms with E-state index in [2.05, 4.69) is 33.9 Å². The number of rotatable bonds is 3. The van der Waals surface area contributed by atoms with Gasteiger partial charge in [0.1, 0.15) is 5.84 Å². The Morgan fingerprint density at radius 3 is 3.06 bits per heavy atom. The zero-order valence-corrected chi connectivity index (χ0v) is 11.5. The highest BCUT2D eigenvalue weighted by molar-refractivity contribution is 7.10. The lowest BCUT2D eigenvalue weighted by Gasteiger charge is -2.20. The van der Waals surface area contributed by atoms with E-state index < -0.39 is 0 Å². The van der Waals surface area contributed by atoms with Crippen molar-refractivity contribution < 1.29 is 0 Å². The predicted octanol–water partition coefficient (Wildman–Crippen LogP) is 4.28. The summed E-state index contributed by atoms with van der Waals surface area (Å²) in [7, 11) is 0. The SMILES string of the molecule is C1=C\N=C(\NC(c2cccs2)C2CC2)CCCC/1. The zero-order chi connectivity index (χ0) is 12.2. The molecule has 0 amide bonds. The Kier molecular flexibility index (Phi) is 3.79. The van der Waals surface area contributed by atoms with E-state index in [0.717, 1.165) is 12.3 Å². The molecule has 96 valence electrons. The highest BCUT2D eigenvalue weighted by Crippen LogP contribution is 2.42. The van der Waals surface area contributed by atoms with Crippen LogP contribution in [0.5, 0.6) is 0 Å². The molecular weight excluding hydrogens is 240 g/mol. The Bertz CT molecular complexity index is 429. The van der Waals surface area contributed by atoms with Crippen LogP contribution in [0.4, 0.5) is 0 Å². The van der Waals surface area contributed by atoms with Crippen LogP contribution in [0.15, 0.2) is 34.8 Å². The van der Waals surface area contributed by atoms with Crippen molar-refractivity contribution in [2.24, 2.45) is 10.9 Å². The maximum atomic E-state index is 4.57. The van der Waals surface area contributed by atoms with Crippen LogP contribution in [-0.4, -0.2) is 5.84 Å². The third kappa shape index (κ3) is 3.02. The van der Waals surface area contributed by atoms with E-state index >= 15 is 0 Å². The maximum Gasteiger partial charge on any atom is 0.102 e. The van der Waals surface area contributed by atoms with Gasteiger partial charge in [0, 0.05) is 17.5 Å². The van der Waals surface area contributed by atoms with Gasteiger partial charge < -0.3 is 5.32 Å². The summed E-state index contributed by atoms with van der Waals surface area (Å²) in [5, 5.41) is 5.87. The number of allylic oxidation sites excluding steroid dienone is 1. The molecule has 1 unspecified atom stereocenters. The molecule has 1 saturated carbocycles. The number of thiophene rings is 1. The number of hydrogen-bond donors (Lipinski definition) is 1. The Morgan fingerprint density at radius 2 is 2.28 bits per heavy atom. The monoisotopic (exact) mass is 260 g/mol.